The smallest absolute Gasteiger partial charge is 0.272 e. The van der Waals surface area contributed by atoms with E-state index in [0.29, 0.717) is 25.4 Å². The van der Waals surface area contributed by atoms with Crippen molar-refractivity contribution in [1.29, 1.82) is 0 Å². The highest BCUT2D eigenvalue weighted by atomic mass is 16.5. The van der Waals surface area contributed by atoms with Crippen LogP contribution in [0.5, 0.6) is 0 Å². The number of carbonyl (C=O) groups excluding carboxylic acids is 1. The van der Waals surface area contributed by atoms with Crippen LogP contribution in [0.4, 0.5) is 0 Å². The second kappa shape index (κ2) is 6.54. The molecular weight excluding hydrogens is 266 g/mol. The fourth-order valence-corrected chi connectivity index (χ4v) is 2.59. The number of ether oxygens (including phenoxy) is 1. The summed E-state index contributed by atoms with van der Waals surface area (Å²) in [7, 11) is 0. The normalized spacial score (nSPS) is 18.7. The standard InChI is InChI=1S/C16H19N3O2/c20-16(15-10-17-12-18-15)19-8-9-21-14(11-19)7-6-13-4-2-1-3-5-13/h1-5,10,12,14H,6-9,11H2,(H,17,18)/t14-/m1/s1. The third kappa shape index (κ3) is 3.49. The Morgan fingerprint density at radius 3 is 3.00 bits per heavy atom. The maximum atomic E-state index is 12.3. The molecule has 0 aliphatic carbocycles. The molecule has 1 atom stereocenters. The minimum Gasteiger partial charge on any atom is -0.375 e. The van der Waals surface area contributed by atoms with Gasteiger partial charge in [-0.25, -0.2) is 4.98 Å². The number of aromatic nitrogens is 2. The third-order valence-electron chi connectivity index (χ3n) is 3.75. The van der Waals surface area contributed by atoms with E-state index in [1.54, 1.807) is 6.20 Å². The minimum atomic E-state index is 0.000473. The van der Waals surface area contributed by atoms with Gasteiger partial charge in [-0.1, -0.05) is 30.3 Å². The Morgan fingerprint density at radius 2 is 2.24 bits per heavy atom. The van der Waals surface area contributed by atoms with Crippen molar-refractivity contribution >= 4 is 5.91 Å². The zero-order valence-electron chi connectivity index (χ0n) is 11.9. The van der Waals surface area contributed by atoms with Gasteiger partial charge in [-0.15, -0.1) is 0 Å². The number of H-pyrrole nitrogens is 1. The van der Waals surface area contributed by atoms with E-state index < -0.39 is 0 Å². The van der Waals surface area contributed by atoms with Crippen LogP contribution in [0, 0.1) is 0 Å². The summed E-state index contributed by atoms with van der Waals surface area (Å²) < 4.78 is 5.78. The summed E-state index contributed by atoms with van der Waals surface area (Å²) in [4.78, 5) is 20.9. The molecule has 0 saturated carbocycles. The highest BCUT2D eigenvalue weighted by Gasteiger charge is 2.25. The molecule has 21 heavy (non-hydrogen) atoms. The molecule has 3 rings (SSSR count). The Morgan fingerprint density at radius 1 is 1.38 bits per heavy atom. The van der Waals surface area contributed by atoms with Crippen molar-refractivity contribution in [3.63, 3.8) is 0 Å². The van der Waals surface area contributed by atoms with Gasteiger partial charge in [0.05, 0.1) is 25.2 Å². The molecule has 1 aliphatic heterocycles. The highest BCUT2D eigenvalue weighted by Crippen LogP contribution is 2.14. The van der Waals surface area contributed by atoms with E-state index in [1.807, 2.05) is 23.1 Å². The van der Waals surface area contributed by atoms with Crippen LogP contribution < -0.4 is 0 Å². The van der Waals surface area contributed by atoms with Gasteiger partial charge in [-0.2, -0.15) is 0 Å². The molecule has 2 heterocycles. The van der Waals surface area contributed by atoms with E-state index in [1.165, 1.54) is 11.9 Å². The van der Waals surface area contributed by atoms with Gasteiger partial charge in [0.1, 0.15) is 5.69 Å². The molecule has 0 bridgehead atoms. The van der Waals surface area contributed by atoms with Gasteiger partial charge < -0.3 is 14.6 Å². The number of hydrogen-bond acceptors (Lipinski definition) is 3. The van der Waals surface area contributed by atoms with Crippen LogP contribution in [0.1, 0.15) is 22.5 Å². The number of nitrogens with zero attached hydrogens (tertiary/aromatic N) is 2. The van der Waals surface area contributed by atoms with Gasteiger partial charge >= 0.3 is 0 Å². The first-order chi connectivity index (χ1) is 10.3. The van der Waals surface area contributed by atoms with Crippen molar-refractivity contribution < 1.29 is 9.53 Å². The Hall–Kier alpha value is -2.14. The van der Waals surface area contributed by atoms with E-state index in [9.17, 15) is 4.79 Å². The molecule has 1 aliphatic rings. The molecule has 1 fully saturated rings. The van der Waals surface area contributed by atoms with Crippen molar-refractivity contribution in [3.8, 4) is 0 Å². The van der Waals surface area contributed by atoms with Crippen LogP contribution in [0.3, 0.4) is 0 Å². The average Bonchev–Trinajstić information content (AvgIpc) is 3.08. The number of nitrogens with one attached hydrogen (secondary N) is 1. The lowest BCUT2D eigenvalue weighted by Crippen LogP contribution is -2.45. The number of morpholine rings is 1. The van der Waals surface area contributed by atoms with Gasteiger partial charge in [0.25, 0.3) is 5.91 Å². The molecule has 5 nitrogen and oxygen atoms in total. The molecule has 110 valence electrons. The van der Waals surface area contributed by atoms with Crippen molar-refractivity contribution in [2.75, 3.05) is 19.7 Å². The molecule has 2 aromatic rings. The summed E-state index contributed by atoms with van der Waals surface area (Å²) in [6.07, 6.45) is 5.09. The average molecular weight is 285 g/mol. The number of benzene rings is 1. The Balaban J connectivity index is 1.55. The number of amides is 1. The summed E-state index contributed by atoms with van der Waals surface area (Å²) in [6.45, 7) is 1.88. The fourth-order valence-electron chi connectivity index (χ4n) is 2.59. The van der Waals surface area contributed by atoms with Gasteiger partial charge in [-0.3, -0.25) is 4.79 Å². The number of imidazole rings is 1. The molecule has 0 unspecified atom stereocenters. The van der Waals surface area contributed by atoms with Crippen LogP contribution in [-0.4, -0.2) is 46.6 Å². The van der Waals surface area contributed by atoms with E-state index in [-0.39, 0.29) is 12.0 Å². The largest absolute Gasteiger partial charge is 0.375 e. The van der Waals surface area contributed by atoms with Crippen LogP contribution in [0.2, 0.25) is 0 Å². The number of aryl methyl sites for hydroxylation is 1. The van der Waals surface area contributed by atoms with Crippen molar-refractivity contribution in [2.24, 2.45) is 0 Å². The lowest BCUT2D eigenvalue weighted by molar-refractivity contribution is -0.0247. The zero-order valence-corrected chi connectivity index (χ0v) is 11.9. The maximum absolute atomic E-state index is 12.3. The van der Waals surface area contributed by atoms with Gasteiger partial charge in [0.2, 0.25) is 0 Å². The van der Waals surface area contributed by atoms with Crippen LogP contribution in [0.15, 0.2) is 42.9 Å². The number of hydrogen-bond donors (Lipinski definition) is 1. The SMILES string of the molecule is O=C(c1cnc[nH]1)N1CCO[C@H](CCc2ccccc2)C1. The summed E-state index contributed by atoms with van der Waals surface area (Å²) in [6, 6.07) is 10.4. The summed E-state index contributed by atoms with van der Waals surface area (Å²) >= 11 is 0. The number of rotatable bonds is 4. The van der Waals surface area contributed by atoms with Gasteiger partial charge in [0.15, 0.2) is 0 Å². The van der Waals surface area contributed by atoms with Crippen LogP contribution in [0.25, 0.3) is 0 Å². The number of aromatic amines is 1. The van der Waals surface area contributed by atoms with E-state index in [0.717, 1.165) is 12.8 Å². The lowest BCUT2D eigenvalue weighted by Gasteiger charge is -2.32. The summed E-state index contributed by atoms with van der Waals surface area (Å²) in [5.74, 6) is 0.000473. The Kier molecular flexibility index (Phi) is 4.31. The van der Waals surface area contributed by atoms with Crippen molar-refractivity contribution in [3.05, 3.63) is 54.1 Å². The lowest BCUT2D eigenvalue weighted by atomic mass is 10.1. The molecule has 1 N–H and O–H groups in total. The predicted molar refractivity (Wildman–Crippen MR) is 79.0 cm³/mol. The first-order valence-electron chi connectivity index (χ1n) is 7.26. The molecular formula is C16H19N3O2. The van der Waals surface area contributed by atoms with E-state index >= 15 is 0 Å². The highest BCUT2D eigenvalue weighted by molar-refractivity contribution is 5.92. The first-order valence-corrected chi connectivity index (χ1v) is 7.26. The second-order valence-electron chi connectivity index (χ2n) is 5.23. The molecule has 1 saturated heterocycles. The van der Waals surface area contributed by atoms with Gasteiger partial charge in [0, 0.05) is 13.1 Å². The molecule has 1 aromatic carbocycles. The summed E-state index contributed by atoms with van der Waals surface area (Å²) in [5.41, 5.74) is 1.84. The maximum Gasteiger partial charge on any atom is 0.272 e. The first kappa shape index (κ1) is 13.8. The van der Waals surface area contributed by atoms with Crippen LogP contribution >= 0.6 is 0 Å². The minimum absolute atomic E-state index is 0.000473. The quantitative estimate of drug-likeness (QED) is 0.933. The van der Waals surface area contributed by atoms with Gasteiger partial charge in [-0.05, 0) is 18.4 Å². The third-order valence-corrected chi connectivity index (χ3v) is 3.75. The molecule has 1 amide bonds. The Labute approximate surface area is 124 Å². The zero-order chi connectivity index (χ0) is 14.5. The monoisotopic (exact) mass is 285 g/mol. The fraction of sp³-hybridized carbons (Fsp3) is 0.375. The van der Waals surface area contributed by atoms with Crippen LogP contribution in [-0.2, 0) is 11.2 Å². The van der Waals surface area contributed by atoms with Crippen molar-refractivity contribution in [2.45, 2.75) is 18.9 Å². The molecule has 0 spiro atoms. The topological polar surface area (TPSA) is 58.2 Å². The van der Waals surface area contributed by atoms with E-state index in [4.69, 9.17) is 4.74 Å². The number of carbonyl (C=O) groups is 1. The molecule has 5 heteroatoms. The second-order valence-corrected chi connectivity index (χ2v) is 5.23. The molecule has 1 aromatic heterocycles. The molecule has 0 radical (unpaired) electrons. The predicted octanol–water partition coefficient (Wildman–Crippen LogP) is 1.88. The summed E-state index contributed by atoms with van der Waals surface area (Å²) in [5, 5.41) is 0. The Bertz CT molecular complexity index is 568. The van der Waals surface area contributed by atoms with E-state index in [2.05, 4.69) is 22.1 Å². The van der Waals surface area contributed by atoms with Crippen molar-refractivity contribution in [1.82, 2.24) is 14.9 Å².